The maximum Gasteiger partial charge on any atom is 0.111 e. The van der Waals surface area contributed by atoms with E-state index in [4.69, 9.17) is 28.5 Å². The van der Waals surface area contributed by atoms with Crippen LogP contribution in [0.5, 0.6) is 0 Å². The van der Waals surface area contributed by atoms with E-state index in [2.05, 4.69) is 15.6 Å². The van der Waals surface area contributed by atoms with Gasteiger partial charge in [0.05, 0.1) is 33.5 Å². The van der Waals surface area contributed by atoms with Crippen LogP contribution in [0, 0.1) is 11.3 Å². The first kappa shape index (κ1) is 14.4. The van der Waals surface area contributed by atoms with Crippen molar-refractivity contribution in [3.05, 3.63) is 50.9 Å². The van der Waals surface area contributed by atoms with E-state index in [-0.39, 0.29) is 0 Å². The van der Waals surface area contributed by atoms with Crippen molar-refractivity contribution in [1.82, 2.24) is 9.55 Å². The van der Waals surface area contributed by atoms with Gasteiger partial charge in [0.1, 0.15) is 5.82 Å². The summed E-state index contributed by atoms with van der Waals surface area (Å²) in [5.74, 6) is 1.44. The van der Waals surface area contributed by atoms with Crippen LogP contribution in [0.25, 0.3) is 11.0 Å². The van der Waals surface area contributed by atoms with Crippen LogP contribution < -0.4 is 0 Å². The van der Waals surface area contributed by atoms with Crippen LogP contribution in [0.4, 0.5) is 0 Å². The highest BCUT2D eigenvalue weighted by Crippen LogP contribution is 2.25. The second-order valence-electron chi connectivity index (χ2n) is 4.57. The first-order chi connectivity index (χ1) is 10.2. The van der Waals surface area contributed by atoms with Crippen molar-refractivity contribution in [3.63, 3.8) is 0 Å². The highest BCUT2D eigenvalue weighted by atomic mass is 35.5. The van der Waals surface area contributed by atoms with Gasteiger partial charge >= 0.3 is 0 Å². The number of nitrogens with zero attached hydrogens (tertiary/aromatic N) is 3. The van der Waals surface area contributed by atoms with Gasteiger partial charge in [-0.05, 0) is 30.3 Å². The van der Waals surface area contributed by atoms with Gasteiger partial charge in [0.15, 0.2) is 0 Å². The molecule has 0 atom stereocenters. The van der Waals surface area contributed by atoms with Gasteiger partial charge < -0.3 is 4.57 Å². The Kier molecular flexibility index (Phi) is 4.16. The van der Waals surface area contributed by atoms with Gasteiger partial charge in [-0.3, -0.25) is 0 Å². The van der Waals surface area contributed by atoms with E-state index in [0.717, 1.165) is 26.1 Å². The standard InChI is InChI=1S/C15H11Cl2N3S/c16-6-5-15-19-12-3-1-10(8-18)7-13(12)20(15)9-11-2-4-14(17)21-11/h1-4,7H,5-6,9H2. The van der Waals surface area contributed by atoms with E-state index in [1.807, 2.05) is 24.3 Å². The molecule has 0 radical (unpaired) electrons. The molecule has 2 aromatic heterocycles. The molecule has 0 aliphatic carbocycles. The first-order valence-electron chi connectivity index (χ1n) is 6.40. The summed E-state index contributed by atoms with van der Waals surface area (Å²) in [7, 11) is 0. The molecule has 0 unspecified atom stereocenters. The molecule has 0 amide bonds. The van der Waals surface area contributed by atoms with Crippen LogP contribution in [-0.2, 0) is 13.0 Å². The number of halogens is 2. The molecule has 21 heavy (non-hydrogen) atoms. The molecular formula is C15H11Cl2N3S. The van der Waals surface area contributed by atoms with Gasteiger partial charge in [-0.2, -0.15) is 5.26 Å². The number of aromatic nitrogens is 2. The van der Waals surface area contributed by atoms with Crippen molar-refractivity contribution in [1.29, 1.82) is 5.26 Å². The highest BCUT2D eigenvalue weighted by molar-refractivity contribution is 7.16. The summed E-state index contributed by atoms with van der Waals surface area (Å²) in [5, 5.41) is 9.08. The van der Waals surface area contributed by atoms with Crippen LogP contribution in [0.15, 0.2) is 30.3 Å². The van der Waals surface area contributed by atoms with Crippen LogP contribution in [-0.4, -0.2) is 15.4 Å². The molecule has 3 nitrogen and oxygen atoms in total. The summed E-state index contributed by atoms with van der Waals surface area (Å²) >= 11 is 13.4. The molecule has 0 saturated carbocycles. The van der Waals surface area contributed by atoms with Crippen LogP contribution >= 0.6 is 34.5 Å². The minimum Gasteiger partial charge on any atom is -0.323 e. The molecule has 0 spiro atoms. The lowest BCUT2D eigenvalue weighted by Crippen LogP contribution is -2.05. The Morgan fingerprint density at radius 1 is 1.29 bits per heavy atom. The number of benzene rings is 1. The molecule has 0 saturated heterocycles. The van der Waals surface area contributed by atoms with Gasteiger partial charge in [-0.1, -0.05) is 11.6 Å². The van der Waals surface area contributed by atoms with Crippen molar-refractivity contribution in [3.8, 4) is 6.07 Å². The Labute approximate surface area is 136 Å². The number of rotatable bonds is 4. The van der Waals surface area contributed by atoms with E-state index in [1.165, 1.54) is 0 Å². The summed E-state index contributed by atoms with van der Waals surface area (Å²) in [5.41, 5.74) is 2.47. The quantitative estimate of drug-likeness (QED) is 0.661. The van der Waals surface area contributed by atoms with Crippen LogP contribution in [0.2, 0.25) is 4.34 Å². The Bertz CT molecular complexity index is 829. The van der Waals surface area contributed by atoms with Crippen molar-refractivity contribution < 1.29 is 0 Å². The predicted molar refractivity (Wildman–Crippen MR) is 87.3 cm³/mol. The van der Waals surface area contributed by atoms with Crippen molar-refractivity contribution in [2.45, 2.75) is 13.0 Å². The molecule has 3 aromatic rings. The van der Waals surface area contributed by atoms with Gasteiger partial charge in [-0.25, -0.2) is 4.98 Å². The van der Waals surface area contributed by atoms with E-state index < -0.39 is 0 Å². The summed E-state index contributed by atoms with van der Waals surface area (Å²) in [6, 6.07) is 11.6. The Hall–Kier alpha value is -1.54. The average molecular weight is 336 g/mol. The number of thiophene rings is 1. The number of aryl methyl sites for hydroxylation is 1. The molecule has 1 aromatic carbocycles. The summed E-state index contributed by atoms with van der Waals surface area (Å²) < 4.78 is 2.88. The Morgan fingerprint density at radius 2 is 2.14 bits per heavy atom. The number of hydrogen-bond acceptors (Lipinski definition) is 3. The molecular weight excluding hydrogens is 325 g/mol. The molecule has 0 fully saturated rings. The Morgan fingerprint density at radius 3 is 2.81 bits per heavy atom. The molecule has 6 heteroatoms. The third-order valence-electron chi connectivity index (χ3n) is 3.22. The van der Waals surface area contributed by atoms with Gasteiger partial charge in [0, 0.05) is 17.2 Å². The topological polar surface area (TPSA) is 41.6 Å². The van der Waals surface area contributed by atoms with Gasteiger partial charge in [-0.15, -0.1) is 22.9 Å². The zero-order chi connectivity index (χ0) is 14.8. The number of fused-ring (bicyclic) bond motifs is 1. The fraction of sp³-hybridized carbons (Fsp3) is 0.200. The third kappa shape index (κ3) is 2.91. The number of nitriles is 1. The number of hydrogen-bond donors (Lipinski definition) is 0. The maximum absolute atomic E-state index is 9.08. The normalized spacial score (nSPS) is 10.9. The Balaban J connectivity index is 2.12. The van der Waals surface area contributed by atoms with Crippen molar-refractivity contribution in [2.75, 3.05) is 5.88 Å². The van der Waals surface area contributed by atoms with Crippen molar-refractivity contribution in [2.24, 2.45) is 0 Å². The molecule has 0 bridgehead atoms. The average Bonchev–Trinajstić information content (AvgIpc) is 3.04. The lowest BCUT2D eigenvalue weighted by molar-refractivity contribution is 0.763. The SMILES string of the molecule is N#Cc1ccc2nc(CCCl)n(Cc3ccc(Cl)s3)c2c1. The highest BCUT2D eigenvalue weighted by Gasteiger charge is 2.12. The maximum atomic E-state index is 9.08. The summed E-state index contributed by atoms with van der Waals surface area (Å²) in [6.07, 6.45) is 0.692. The zero-order valence-electron chi connectivity index (χ0n) is 11.0. The zero-order valence-corrected chi connectivity index (χ0v) is 13.3. The van der Waals surface area contributed by atoms with E-state index in [9.17, 15) is 0 Å². The smallest absolute Gasteiger partial charge is 0.111 e. The number of imidazole rings is 1. The monoisotopic (exact) mass is 335 g/mol. The van der Waals surface area contributed by atoms with E-state index in [1.54, 1.807) is 17.4 Å². The second-order valence-corrected chi connectivity index (χ2v) is 6.75. The van der Waals surface area contributed by atoms with Gasteiger partial charge in [0.2, 0.25) is 0 Å². The van der Waals surface area contributed by atoms with E-state index >= 15 is 0 Å². The van der Waals surface area contributed by atoms with Crippen molar-refractivity contribution >= 4 is 45.6 Å². The predicted octanol–water partition coefficient (Wildman–Crippen LogP) is 4.45. The van der Waals surface area contributed by atoms with Crippen LogP contribution in [0.3, 0.4) is 0 Å². The third-order valence-corrected chi connectivity index (χ3v) is 4.62. The lowest BCUT2D eigenvalue weighted by atomic mass is 10.2. The molecule has 106 valence electrons. The van der Waals surface area contributed by atoms with E-state index in [0.29, 0.717) is 24.4 Å². The summed E-state index contributed by atoms with van der Waals surface area (Å²) in [6.45, 7) is 0.689. The fourth-order valence-corrected chi connectivity index (χ4v) is 3.53. The molecule has 0 N–H and O–H groups in total. The molecule has 0 aliphatic rings. The molecule has 0 aliphatic heterocycles. The van der Waals surface area contributed by atoms with Gasteiger partial charge in [0.25, 0.3) is 0 Å². The second kappa shape index (κ2) is 6.07. The lowest BCUT2D eigenvalue weighted by Gasteiger charge is -2.07. The first-order valence-corrected chi connectivity index (χ1v) is 8.13. The minimum atomic E-state index is 0.514. The fourth-order valence-electron chi connectivity index (χ4n) is 2.29. The minimum absolute atomic E-state index is 0.514. The largest absolute Gasteiger partial charge is 0.323 e. The number of alkyl halides is 1. The molecule has 3 rings (SSSR count). The van der Waals surface area contributed by atoms with Crippen LogP contribution in [0.1, 0.15) is 16.3 Å². The molecule has 2 heterocycles. The summed E-state index contributed by atoms with van der Waals surface area (Å²) in [4.78, 5) is 5.77.